The molecule has 0 bridgehead atoms. The van der Waals surface area contributed by atoms with Gasteiger partial charge < -0.3 is 15.0 Å². The number of benzene rings is 3. The van der Waals surface area contributed by atoms with Gasteiger partial charge in [0.15, 0.2) is 5.11 Å². The quantitative estimate of drug-likeness (QED) is 0.319. The van der Waals surface area contributed by atoms with Crippen molar-refractivity contribution < 1.29 is 14.3 Å². The van der Waals surface area contributed by atoms with Crippen LogP contribution in [0.25, 0.3) is 0 Å². The topological polar surface area (TPSA) is 61.9 Å². The number of anilines is 1. The van der Waals surface area contributed by atoms with Gasteiger partial charge in [-0.25, -0.2) is 0 Å². The summed E-state index contributed by atoms with van der Waals surface area (Å²) in [6.45, 7) is 3.57. The van der Waals surface area contributed by atoms with E-state index in [4.69, 9.17) is 28.6 Å². The van der Waals surface area contributed by atoms with Gasteiger partial charge in [-0.1, -0.05) is 61.0 Å². The maximum atomic E-state index is 13.5. The smallest absolute Gasteiger partial charge is 0.252 e. The summed E-state index contributed by atoms with van der Waals surface area (Å²) in [5.74, 6) is 0.339. The molecule has 1 heterocycles. The first-order chi connectivity index (χ1) is 17.9. The number of hydrogen-bond acceptors (Lipinski definition) is 4. The number of nitrogens with zero attached hydrogens (tertiary/aromatic N) is 2. The molecule has 2 amide bonds. The fourth-order valence-corrected chi connectivity index (χ4v) is 4.70. The predicted octanol–water partition coefficient (Wildman–Crippen LogP) is 5.70. The van der Waals surface area contributed by atoms with E-state index in [0.717, 1.165) is 23.3 Å². The maximum Gasteiger partial charge on any atom is 0.252 e. The number of hydrogen-bond donors (Lipinski definition) is 1. The lowest BCUT2D eigenvalue weighted by Gasteiger charge is -2.24. The predicted molar refractivity (Wildman–Crippen MR) is 151 cm³/mol. The number of halogens is 1. The van der Waals surface area contributed by atoms with Crippen LogP contribution in [0.4, 0.5) is 5.69 Å². The summed E-state index contributed by atoms with van der Waals surface area (Å²) >= 11 is 11.8. The van der Waals surface area contributed by atoms with Crippen molar-refractivity contribution in [3.05, 3.63) is 95.0 Å². The minimum Gasteiger partial charge on any atom is -0.494 e. The third-order valence-electron chi connectivity index (χ3n) is 6.13. The van der Waals surface area contributed by atoms with Gasteiger partial charge in [-0.15, -0.1) is 0 Å². The molecule has 1 N–H and O–H groups in total. The van der Waals surface area contributed by atoms with Crippen molar-refractivity contribution >= 4 is 46.4 Å². The zero-order valence-corrected chi connectivity index (χ0v) is 22.3. The van der Waals surface area contributed by atoms with Crippen molar-refractivity contribution in [2.45, 2.75) is 38.8 Å². The second-order valence-corrected chi connectivity index (χ2v) is 9.70. The van der Waals surface area contributed by atoms with E-state index in [1.165, 1.54) is 0 Å². The van der Waals surface area contributed by atoms with Gasteiger partial charge in [-0.05, 0) is 72.6 Å². The number of amides is 2. The Balaban J connectivity index is 1.46. The van der Waals surface area contributed by atoms with Crippen LogP contribution in [0.5, 0.6) is 5.75 Å². The molecule has 1 atom stereocenters. The van der Waals surface area contributed by atoms with E-state index < -0.39 is 6.04 Å². The molecule has 0 spiro atoms. The summed E-state index contributed by atoms with van der Waals surface area (Å²) < 4.78 is 5.60. The average Bonchev–Trinajstić information content (AvgIpc) is 3.12. The fourth-order valence-electron chi connectivity index (χ4n) is 4.20. The Hall–Kier alpha value is -3.42. The van der Waals surface area contributed by atoms with E-state index in [1.54, 1.807) is 17.0 Å². The van der Waals surface area contributed by atoms with Crippen LogP contribution in [0, 0.1) is 0 Å². The third kappa shape index (κ3) is 7.08. The molecule has 1 saturated heterocycles. The normalized spacial score (nSPS) is 15.2. The Morgan fingerprint density at radius 1 is 1.00 bits per heavy atom. The van der Waals surface area contributed by atoms with Crippen LogP contribution in [0.3, 0.4) is 0 Å². The zero-order valence-electron chi connectivity index (χ0n) is 20.7. The van der Waals surface area contributed by atoms with Gasteiger partial charge in [-0.3, -0.25) is 14.5 Å². The first-order valence-electron chi connectivity index (χ1n) is 12.4. The van der Waals surface area contributed by atoms with E-state index in [2.05, 4.69) is 5.32 Å². The number of carbonyl (C=O) groups excluding carboxylic acids is 2. The second-order valence-electron chi connectivity index (χ2n) is 8.90. The standard InChI is InChI=1S/C29H30ClN3O3S/c1-2-18-36-25-14-12-24(13-15-25)31-27(34)19-26-28(35)33(20-22-6-4-3-5-7-22)29(37)32(26)17-16-21-8-10-23(30)11-9-21/h3-15,26H,2,16-20H2,1H3,(H,31,34). The number of carbonyl (C=O) groups is 2. The summed E-state index contributed by atoms with van der Waals surface area (Å²) in [4.78, 5) is 30.0. The molecule has 1 aliphatic rings. The molecular formula is C29H30ClN3O3S. The van der Waals surface area contributed by atoms with Gasteiger partial charge in [-0.2, -0.15) is 0 Å². The SMILES string of the molecule is CCCOc1ccc(NC(=O)CC2C(=O)N(Cc3ccccc3)C(=S)N2CCc2ccc(Cl)cc2)cc1. The highest BCUT2D eigenvalue weighted by atomic mass is 35.5. The van der Waals surface area contributed by atoms with Crippen LogP contribution in [0.1, 0.15) is 30.9 Å². The average molecular weight is 536 g/mol. The van der Waals surface area contributed by atoms with Gasteiger partial charge in [0.2, 0.25) is 5.91 Å². The van der Waals surface area contributed by atoms with Crippen molar-refractivity contribution in [2.75, 3.05) is 18.5 Å². The first kappa shape index (κ1) is 26.6. The van der Waals surface area contributed by atoms with E-state index in [9.17, 15) is 9.59 Å². The van der Waals surface area contributed by atoms with E-state index in [0.29, 0.717) is 41.9 Å². The Bertz CT molecular complexity index is 1220. The number of thiocarbonyl (C=S) groups is 1. The summed E-state index contributed by atoms with van der Waals surface area (Å²) in [6, 6.07) is 23.9. The van der Waals surface area contributed by atoms with Gasteiger partial charge >= 0.3 is 0 Å². The second kappa shape index (κ2) is 12.7. The first-order valence-corrected chi connectivity index (χ1v) is 13.2. The molecular weight excluding hydrogens is 506 g/mol. The van der Waals surface area contributed by atoms with Crippen molar-refractivity contribution in [3.63, 3.8) is 0 Å². The maximum absolute atomic E-state index is 13.5. The highest BCUT2D eigenvalue weighted by Gasteiger charge is 2.43. The highest BCUT2D eigenvalue weighted by molar-refractivity contribution is 7.80. The lowest BCUT2D eigenvalue weighted by atomic mass is 10.1. The van der Waals surface area contributed by atoms with Crippen LogP contribution in [-0.2, 0) is 22.6 Å². The lowest BCUT2D eigenvalue weighted by molar-refractivity contribution is -0.131. The Morgan fingerprint density at radius 3 is 2.38 bits per heavy atom. The molecule has 0 saturated carbocycles. The minimum absolute atomic E-state index is 0.00102. The fraction of sp³-hybridized carbons (Fsp3) is 0.276. The zero-order chi connectivity index (χ0) is 26.2. The monoisotopic (exact) mass is 535 g/mol. The molecule has 0 radical (unpaired) electrons. The van der Waals surface area contributed by atoms with Crippen LogP contribution in [0.2, 0.25) is 5.02 Å². The van der Waals surface area contributed by atoms with Gasteiger partial charge in [0, 0.05) is 17.3 Å². The van der Waals surface area contributed by atoms with E-state index in [1.807, 2.05) is 78.6 Å². The van der Waals surface area contributed by atoms with Gasteiger partial charge in [0.25, 0.3) is 5.91 Å². The van der Waals surface area contributed by atoms with Gasteiger partial charge in [0.05, 0.1) is 19.6 Å². The Morgan fingerprint density at radius 2 is 1.70 bits per heavy atom. The van der Waals surface area contributed by atoms with Crippen molar-refractivity contribution in [3.8, 4) is 5.75 Å². The van der Waals surface area contributed by atoms with Crippen molar-refractivity contribution in [1.29, 1.82) is 0 Å². The molecule has 37 heavy (non-hydrogen) atoms. The summed E-state index contributed by atoms with van der Waals surface area (Å²) in [5.41, 5.74) is 2.71. The molecule has 0 aromatic heterocycles. The Kier molecular flexibility index (Phi) is 9.14. The van der Waals surface area contributed by atoms with Crippen LogP contribution < -0.4 is 10.1 Å². The van der Waals surface area contributed by atoms with Gasteiger partial charge in [0.1, 0.15) is 11.8 Å². The van der Waals surface area contributed by atoms with E-state index >= 15 is 0 Å². The summed E-state index contributed by atoms with van der Waals surface area (Å²) in [6.07, 6.45) is 1.59. The van der Waals surface area contributed by atoms with Crippen molar-refractivity contribution in [2.24, 2.45) is 0 Å². The number of rotatable bonds is 11. The highest BCUT2D eigenvalue weighted by Crippen LogP contribution is 2.25. The van der Waals surface area contributed by atoms with Crippen molar-refractivity contribution in [1.82, 2.24) is 9.80 Å². The van der Waals surface area contributed by atoms with Crippen LogP contribution in [0.15, 0.2) is 78.9 Å². The molecule has 3 aromatic carbocycles. The molecule has 4 rings (SSSR count). The molecule has 0 aliphatic carbocycles. The minimum atomic E-state index is -0.671. The molecule has 3 aromatic rings. The molecule has 1 aliphatic heterocycles. The molecule has 6 nitrogen and oxygen atoms in total. The largest absolute Gasteiger partial charge is 0.494 e. The molecule has 1 unspecified atom stereocenters. The number of nitrogens with one attached hydrogen (secondary N) is 1. The molecule has 192 valence electrons. The lowest BCUT2D eigenvalue weighted by Crippen LogP contribution is -2.39. The molecule has 1 fully saturated rings. The summed E-state index contributed by atoms with van der Waals surface area (Å²) in [7, 11) is 0. The van der Waals surface area contributed by atoms with Crippen LogP contribution >= 0.6 is 23.8 Å². The third-order valence-corrected chi connectivity index (χ3v) is 6.84. The van der Waals surface area contributed by atoms with E-state index in [-0.39, 0.29) is 18.2 Å². The molecule has 8 heteroatoms. The Labute approximate surface area is 228 Å². The number of ether oxygens (including phenoxy) is 1. The summed E-state index contributed by atoms with van der Waals surface area (Å²) in [5, 5.41) is 4.02. The van der Waals surface area contributed by atoms with Crippen LogP contribution in [-0.4, -0.2) is 45.9 Å².